The van der Waals surface area contributed by atoms with Crippen LogP contribution in [-0.4, -0.2) is 15.5 Å². The topological polar surface area (TPSA) is 46.9 Å². The van der Waals surface area contributed by atoms with Gasteiger partial charge in [-0.05, 0) is 24.7 Å². The Hall–Kier alpha value is -1.58. The summed E-state index contributed by atoms with van der Waals surface area (Å²) in [6.45, 7) is 0.528. The molecule has 3 atom stereocenters. The van der Waals surface area contributed by atoms with Gasteiger partial charge < -0.3 is 9.88 Å². The molecule has 3 rings (SSSR count). The van der Waals surface area contributed by atoms with Crippen molar-refractivity contribution in [2.75, 3.05) is 0 Å². The van der Waals surface area contributed by atoms with Crippen molar-refractivity contribution in [3.05, 3.63) is 30.4 Å². The molecule has 1 fully saturated rings. The summed E-state index contributed by atoms with van der Waals surface area (Å²) in [5.41, 5.74) is 0. The molecular formula is C13H17N3O. The van der Waals surface area contributed by atoms with Crippen LogP contribution in [0.25, 0.3) is 0 Å². The Morgan fingerprint density at radius 1 is 1.53 bits per heavy atom. The number of allylic oxidation sites excluding steroid dienone is 2. The smallest absolute Gasteiger partial charge is 0.224 e. The first-order valence-electron chi connectivity index (χ1n) is 6.16. The highest BCUT2D eigenvalue weighted by Crippen LogP contribution is 2.43. The van der Waals surface area contributed by atoms with Gasteiger partial charge in [-0.3, -0.25) is 4.79 Å². The molecular weight excluding hydrogens is 214 g/mol. The van der Waals surface area contributed by atoms with Crippen molar-refractivity contribution in [1.82, 2.24) is 14.9 Å². The molecule has 4 heteroatoms. The summed E-state index contributed by atoms with van der Waals surface area (Å²) in [6, 6.07) is 0. The molecule has 1 aromatic heterocycles. The minimum Gasteiger partial charge on any atom is -0.349 e. The lowest BCUT2D eigenvalue weighted by atomic mass is 9.93. The van der Waals surface area contributed by atoms with Crippen LogP contribution in [0, 0.1) is 17.8 Å². The van der Waals surface area contributed by atoms with E-state index < -0.39 is 0 Å². The number of nitrogens with zero attached hydrogens (tertiary/aromatic N) is 2. The van der Waals surface area contributed by atoms with Gasteiger partial charge in [-0.1, -0.05) is 12.2 Å². The zero-order chi connectivity index (χ0) is 11.8. The van der Waals surface area contributed by atoms with Crippen molar-refractivity contribution in [1.29, 1.82) is 0 Å². The van der Waals surface area contributed by atoms with Crippen LogP contribution in [0.2, 0.25) is 0 Å². The number of aromatic nitrogens is 2. The standard InChI is InChI=1S/C13H17N3O/c1-16-5-4-14-12(16)8-15-13(17)11-7-9-2-3-10(11)6-9/h2-5,9-11H,6-8H2,1H3,(H,15,17)/t9-,10+,11+/m1/s1. The third-order valence-corrected chi connectivity index (χ3v) is 3.96. The fourth-order valence-electron chi connectivity index (χ4n) is 2.95. The van der Waals surface area contributed by atoms with Crippen LogP contribution in [0.5, 0.6) is 0 Å². The van der Waals surface area contributed by atoms with Crippen LogP contribution in [0.3, 0.4) is 0 Å². The Kier molecular flexibility index (Phi) is 2.50. The highest BCUT2D eigenvalue weighted by molar-refractivity contribution is 5.79. The zero-order valence-corrected chi connectivity index (χ0v) is 9.97. The van der Waals surface area contributed by atoms with Crippen LogP contribution in [0.4, 0.5) is 0 Å². The van der Waals surface area contributed by atoms with Crippen LogP contribution in [-0.2, 0) is 18.4 Å². The first kappa shape index (κ1) is 10.6. The number of amides is 1. The van der Waals surface area contributed by atoms with Crippen LogP contribution in [0.1, 0.15) is 18.7 Å². The van der Waals surface area contributed by atoms with Gasteiger partial charge in [0.05, 0.1) is 6.54 Å². The van der Waals surface area contributed by atoms with Gasteiger partial charge in [0.1, 0.15) is 5.82 Å². The molecule has 0 aromatic carbocycles. The highest BCUT2D eigenvalue weighted by atomic mass is 16.1. The normalized spacial score (nSPS) is 29.8. The number of aryl methyl sites for hydroxylation is 1. The molecule has 1 N–H and O–H groups in total. The second kappa shape index (κ2) is 4.02. The third-order valence-electron chi connectivity index (χ3n) is 3.96. The van der Waals surface area contributed by atoms with Gasteiger partial charge in [0, 0.05) is 25.4 Å². The van der Waals surface area contributed by atoms with Crippen molar-refractivity contribution in [3.63, 3.8) is 0 Å². The largest absolute Gasteiger partial charge is 0.349 e. The highest BCUT2D eigenvalue weighted by Gasteiger charge is 2.39. The number of carbonyl (C=O) groups excluding carboxylic acids is 1. The van der Waals surface area contributed by atoms with Crippen molar-refractivity contribution in [2.45, 2.75) is 19.4 Å². The Bertz CT molecular complexity index is 463. The predicted octanol–water partition coefficient (Wildman–Crippen LogP) is 1.25. The first-order chi connectivity index (χ1) is 8.24. The average Bonchev–Trinajstić information content (AvgIpc) is 3.01. The molecule has 0 radical (unpaired) electrons. The fraction of sp³-hybridized carbons (Fsp3) is 0.538. The Labute approximate surface area is 101 Å². The minimum absolute atomic E-state index is 0.185. The summed E-state index contributed by atoms with van der Waals surface area (Å²) in [5.74, 6) is 2.39. The van der Waals surface area contributed by atoms with Gasteiger partial charge in [0.25, 0.3) is 0 Å². The molecule has 90 valence electrons. The maximum atomic E-state index is 12.1. The third kappa shape index (κ3) is 1.88. The molecule has 2 bridgehead atoms. The summed E-state index contributed by atoms with van der Waals surface area (Å²) in [6.07, 6.45) is 10.3. The Morgan fingerprint density at radius 3 is 3.00 bits per heavy atom. The molecule has 0 unspecified atom stereocenters. The van der Waals surface area contributed by atoms with Crippen molar-refractivity contribution in [2.24, 2.45) is 24.8 Å². The zero-order valence-electron chi connectivity index (χ0n) is 9.97. The van der Waals surface area contributed by atoms with E-state index >= 15 is 0 Å². The van der Waals surface area contributed by atoms with Gasteiger partial charge in [-0.25, -0.2) is 4.98 Å². The molecule has 4 nitrogen and oxygen atoms in total. The summed E-state index contributed by atoms with van der Waals surface area (Å²) in [7, 11) is 1.94. The number of hydrogen-bond acceptors (Lipinski definition) is 2. The Balaban J connectivity index is 1.58. The number of rotatable bonds is 3. The maximum Gasteiger partial charge on any atom is 0.224 e. The van der Waals surface area contributed by atoms with Crippen LogP contribution in [0.15, 0.2) is 24.5 Å². The summed E-state index contributed by atoms with van der Waals surface area (Å²) < 4.78 is 1.93. The molecule has 1 aromatic rings. The van der Waals surface area contributed by atoms with Crippen LogP contribution < -0.4 is 5.32 Å². The monoisotopic (exact) mass is 231 g/mol. The van der Waals surface area contributed by atoms with Gasteiger partial charge >= 0.3 is 0 Å². The number of hydrogen-bond donors (Lipinski definition) is 1. The quantitative estimate of drug-likeness (QED) is 0.796. The minimum atomic E-state index is 0.185. The number of carbonyl (C=O) groups is 1. The van der Waals surface area contributed by atoms with E-state index in [0.717, 1.165) is 12.2 Å². The molecule has 17 heavy (non-hydrogen) atoms. The molecule has 0 saturated heterocycles. The van der Waals surface area contributed by atoms with Gasteiger partial charge in [-0.15, -0.1) is 0 Å². The van der Waals surface area contributed by atoms with Crippen molar-refractivity contribution >= 4 is 5.91 Å². The van der Waals surface area contributed by atoms with E-state index in [0.29, 0.717) is 18.4 Å². The molecule has 1 saturated carbocycles. The van der Waals surface area contributed by atoms with Gasteiger partial charge in [-0.2, -0.15) is 0 Å². The van der Waals surface area contributed by atoms with Crippen LogP contribution >= 0.6 is 0 Å². The van der Waals surface area contributed by atoms with E-state index in [1.807, 2.05) is 17.8 Å². The second-order valence-corrected chi connectivity index (χ2v) is 5.06. The summed E-state index contributed by atoms with van der Waals surface area (Å²) in [4.78, 5) is 16.3. The molecule has 2 aliphatic rings. The van der Waals surface area contributed by atoms with E-state index in [2.05, 4.69) is 22.5 Å². The van der Waals surface area contributed by atoms with Gasteiger partial charge in [0.2, 0.25) is 5.91 Å². The summed E-state index contributed by atoms with van der Waals surface area (Å²) >= 11 is 0. The SMILES string of the molecule is Cn1ccnc1CNC(=O)[C@H]1C[C@@H]2C=C[C@H]1C2. The van der Waals surface area contributed by atoms with Gasteiger partial charge in [0.15, 0.2) is 0 Å². The molecule has 0 spiro atoms. The summed E-state index contributed by atoms with van der Waals surface area (Å²) in [5, 5.41) is 3.00. The predicted molar refractivity (Wildman–Crippen MR) is 63.9 cm³/mol. The fourth-order valence-corrected chi connectivity index (χ4v) is 2.95. The second-order valence-electron chi connectivity index (χ2n) is 5.06. The lowest BCUT2D eigenvalue weighted by molar-refractivity contribution is -0.125. The average molecular weight is 231 g/mol. The van der Waals surface area contributed by atoms with E-state index in [-0.39, 0.29) is 11.8 Å². The van der Waals surface area contributed by atoms with E-state index in [1.54, 1.807) is 6.20 Å². The van der Waals surface area contributed by atoms with E-state index in [1.165, 1.54) is 6.42 Å². The number of nitrogens with one attached hydrogen (secondary N) is 1. The lowest BCUT2D eigenvalue weighted by Crippen LogP contribution is -2.33. The van der Waals surface area contributed by atoms with E-state index in [4.69, 9.17) is 0 Å². The lowest BCUT2D eigenvalue weighted by Gasteiger charge is -2.17. The maximum absolute atomic E-state index is 12.1. The molecule has 2 aliphatic carbocycles. The first-order valence-corrected chi connectivity index (χ1v) is 6.16. The molecule has 0 aliphatic heterocycles. The molecule has 1 heterocycles. The van der Waals surface area contributed by atoms with E-state index in [9.17, 15) is 4.79 Å². The number of fused-ring (bicyclic) bond motifs is 2. The molecule has 1 amide bonds. The van der Waals surface area contributed by atoms with Crippen molar-refractivity contribution in [3.8, 4) is 0 Å². The van der Waals surface area contributed by atoms with Crippen molar-refractivity contribution < 1.29 is 4.79 Å². The Morgan fingerprint density at radius 2 is 2.41 bits per heavy atom. The number of imidazole rings is 1.